The normalized spacial score (nSPS) is 15.2. The number of allylic oxidation sites excluding steroid dienone is 1. The zero-order chi connectivity index (χ0) is 10.3. The first kappa shape index (κ1) is 13.0. The van der Waals surface area contributed by atoms with Crippen molar-refractivity contribution in [1.29, 1.82) is 0 Å². The molecule has 2 nitrogen and oxygen atoms in total. The molecule has 0 aromatic rings. The van der Waals surface area contributed by atoms with Gasteiger partial charge in [0.05, 0.1) is 6.61 Å². The van der Waals surface area contributed by atoms with Gasteiger partial charge in [0, 0.05) is 17.8 Å². The fraction of sp³-hybridized carbons (Fsp3) is 0.800. The lowest BCUT2D eigenvalue weighted by Crippen LogP contribution is -2.37. The fourth-order valence-corrected chi connectivity index (χ4v) is 1.67. The third kappa shape index (κ3) is 6.13. The first-order valence-electron chi connectivity index (χ1n) is 4.62. The van der Waals surface area contributed by atoms with E-state index >= 15 is 0 Å². The third-order valence-corrected chi connectivity index (χ3v) is 3.15. The lowest BCUT2D eigenvalue weighted by molar-refractivity contribution is 0.277. The molecule has 0 heterocycles. The highest BCUT2D eigenvalue weighted by Gasteiger charge is 2.13. The van der Waals surface area contributed by atoms with Gasteiger partial charge in [-0.1, -0.05) is 11.6 Å². The average Bonchev–Trinajstić information content (AvgIpc) is 2.05. The molecule has 0 amide bonds. The standard InChI is InChI=1S/C10H21NOS/c1-8(2)5-6-11-9(3)10(7-12)13-4/h5,9-12H,6-7H2,1-4H3. The Morgan fingerprint density at radius 3 is 2.54 bits per heavy atom. The van der Waals surface area contributed by atoms with Gasteiger partial charge in [-0.2, -0.15) is 11.8 Å². The van der Waals surface area contributed by atoms with Gasteiger partial charge in [-0.25, -0.2) is 0 Å². The van der Waals surface area contributed by atoms with Crippen molar-refractivity contribution in [2.24, 2.45) is 0 Å². The molecule has 2 unspecified atom stereocenters. The molecule has 0 fully saturated rings. The fourth-order valence-electron chi connectivity index (χ4n) is 1.02. The van der Waals surface area contributed by atoms with Crippen molar-refractivity contribution in [3.8, 4) is 0 Å². The van der Waals surface area contributed by atoms with E-state index in [1.54, 1.807) is 11.8 Å². The predicted octanol–water partition coefficient (Wildman–Crippen LogP) is 1.65. The van der Waals surface area contributed by atoms with E-state index in [0.29, 0.717) is 11.3 Å². The van der Waals surface area contributed by atoms with Crippen molar-refractivity contribution in [2.75, 3.05) is 19.4 Å². The summed E-state index contributed by atoms with van der Waals surface area (Å²) in [6, 6.07) is 0.357. The Bertz CT molecular complexity index is 151. The molecule has 0 aliphatic heterocycles. The Kier molecular flexibility index (Phi) is 7.42. The van der Waals surface area contributed by atoms with Crippen molar-refractivity contribution in [3.05, 3.63) is 11.6 Å². The van der Waals surface area contributed by atoms with Crippen molar-refractivity contribution in [3.63, 3.8) is 0 Å². The number of thioether (sulfide) groups is 1. The summed E-state index contributed by atoms with van der Waals surface area (Å²) in [7, 11) is 0. The van der Waals surface area contributed by atoms with Crippen LogP contribution in [0.2, 0.25) is 0 Å². The summed E-state index contributed by atoms with van der Waals surface area (Å²) in [6.45, 7) is 7.41. The summed E-state index contributed by atoms with van der Waals surface area (Å²) >= 11 is 1.70. The van der Waals surface area contributed by atoms with E-state index in [4.69, 9.17) is 5.11 Å². The molecule has 0 spiro atoms. The summed E-state index contributed by atoms with van der Waals surface area (Å²) in [6.07, 6.45) is 4.19. The molecule has 13 heavy (non-hydrogen) atoms. The number of aliphatic hydroxyl groups excluding tert-OH is 1. The minimum absolute atomic E-state index is 0.240. The topological polar surface area (TPSA) is 32.3 Å². The molecule has 0 saturated carbocycles. The van der Waals surface area contributed by atoms with Gasteiger partial charge >= 0.3 is 0 Å². The number of aliphatic hydroxyl groups is 1. The smallest absolute Gasteiger partial charge is 0.0564 e. The van der Waals surface area contributed by atoms with Crippen LogP contribution in [0.25, 0.3) is 0 Å². The molecule has 0 rings (SSSR count). The molecule has 2 N–H and O–H groups in total. The molecule has 2 atom stereocenters. The van der Waals surface area contributed by atoms with Crippen LogP contribution in [-0.2, 0) is 0 Å². The highest BCUT2D eigenvalue weighted by Crippen LogP contribution is 2.09. The Balaban J connectivity index is 3.72. The van der Waals surface area contributed by atoms with E-state index in [2.05, 4.69) is 32.2 Å². The molecular weight excluding hydrogens is 182 g/mol. The van der Waals surface area contributed by atoms with Gasteiger partial charge in [-0.3, -0.25) is 0 Å². The van der Waals surface area contributed by atoms with Crippen LogP contribution in [0.15, 0.2) is 11.6 Å². The quantitative estimate of drug-likeness (QED) is 0.644. The van der Waals surface area contributed by atoms with Gasteiger partial charge in [0.15, 0.2) is 0 Å². The number of hydrogen-bond acceptors (Lipinski definition) is 3. The highest BCUT2D eigenvalue weighted by molar-refractivity contribution is 7.99. The van der Waals surface area contributed by atoms with Crippen molar-refractivity contribution in [1.82, 2.24) is 5.32 Å². The molecule has 0 aromatic heterocycles. The minimum Gasteiger partial charge on any atom is -0.395 e. The summed E-state index contributed by atoms with van der Waals surface area (Å²) in [4.78, 5) is 0. The third-order valence-electron chi connectivity index (χ3n) is 1.99. The van der Waals surface area contributed by atoms with Gasteiger partial charge in [0.2, 0.25) is 0 Å². The summed E-state index contributed by atoms with van der Waals surface area (Å²) in [5.41, 5.74) is 1.32. The van der Waals surface area contributed by atoms with Crippen molar-refractivity contribution < 1.29 is 5.11 Å². The second kappa shape index (κ2) is 7.42. The van der Waals surface area contributed by atoms with Crippen molar-refractivity contribution >= 4 is 11.8 Å². The first-order valence-corrected chi connectivity index (χ1v) is 5.91. The maximum Gasteiger partial charge on any atom is 0.0564 e. The van der Waals surface area contributed by atoms with E-state index in [1.807, 2.05) is 6.26 Å². The second-order valence-corrected chi connectivity index (χ2v) is 4.51. The van der Waals surface area contributed by atoms with Crippen LogP contribution in [0.4, 0.5) is 0 Å². The molecule has 0 aromatic carbocycles. The second-order valence-electron chi connectivity index (χ2n) is 3.44. The molecule has 0 aliphatic carbocycles. The molecule has 0 radical (unpaired) electrons. The lowest BCUT2D eigenvalue weighted by Gasteiger charge is -2.20. The highest BCUT2D eigenvalue weighted by atomic mass is 32.2. The maximum atomic E-state index is 9.03. The van der Waals surface area contributed by atoms with Gasteiger partial charge in [-0.05, 0) is 27.0 Å². The van der Waals surface area contributed by atoms with Gasteiger partial charge in [0.25, 0.3) is 0 Å². The summed E-state index contributed by atoms with van der Waals surface area (Å²) < 4.78 is 0. The van der Waals surface area contributed by atoms with E-state index in [9.17, 15) is 0 Å². The predicted molar refractivity (Wildman–Crippen MR) is 61.3 cm³/mol. The first-order chi connectivity index (χ1) is 6.11. The van der Waals surface area contributed by atoms with Crippen LogP contribution in [0.3, 0.4) is 0 Å². The molecule has 0 aliphatic rings. The number of rotatable bonds is 6. The van der Waals surface area contributed by atoms with E-state index in [0.717, 1.165) is 6.54 Å². The number of nitrogens with one attached hydrogen (secondary N) is 1. The van der Waals surface area contributed by atoms with Crippen LogP contribution in [0.1, 0.15) is 20.8 Å². The zero-order valence-electron chi connectivity index (χ0n) is 9.00. The van der Waals surface area contributed by atoms with E-state index in [-0.39, 0.29) is 6.61 Å². The lowest BCUT2D eigenvalue weighted by atomic mass is 10.2. The summed E-state index contributed by atoms with van der Waals surface area (Å²) in [5, 5.41) is 12.7. The van der Waals surface area contributed by atoms with Gasteiger partial charge < -0.3 is 10.4 Å². The summed E-state index contributed by atoms with van der Waals surface area (Å²) in [5.74, 6) is 0. The molecule has 78 valence electrons. The molecular formula is C10H21NOS. The average molecular weight is 203 g/mol. The molecule has 0 saturated heterocycles. The minimum atomic E-state index is 0.240. The van der Waals surface area contributed by atoms with E-state index in [1.165, 1.54) is 5.57 Å². The van der Waals surface area contributed by atoms with Gasteiger partial charge in [-0.15, -0.1) is 0 Å². The molecule has 0 bridgehead atoms. The van der Waals surface area contributed by atoms with Crippen LogP contribution in [0, 0.1) is 0 Å². The Morgan fingerprint density at radius 1 is 1.54 bits per heavy atom. The zero-order valence-corrected chi connectivity index (χ0v) is 9.82. The SMILES string of the molecule is CSC(CO)C(C)NCC=C(C)C. The van der Waals surface area contributed by atoms with Gasteiger partial charge in [0.1, 0.15) is 0 Å². The van der Waals surface area contributed by atoms with Crippen LogP contribution < -0.4 is 5.32 Å². The Labute approximate surface area is 85.8 Å². The van der Waals surface area contributed by atoms with Crippen LogP contribution >= 0.6 is 11.8 Å². The Morgan fingerprint density at radius 2 is 2.15 bits per heavy atom. The van der Waals surface area contributed by atoms with Crippen LogP contribution in [-0.4, -0.2) is 35.8 Å². The monoisotopic (exact) mass is 203 g/mol. The molecule has 3 heteroatoms. The largest absolute Gasteiger partial charge is 0.395 e. The Hall–Kier alpha value is 0.0100. The van der Waals surface area contributed by atoms with Crippen molar-refractivity contribution in [2.45, 2.75) is 32.1 Å². The maximum absolute atomic E-state index is 9.03. The number of hydrogen-bond donors (Lipinski definition) is 2. The van der Waals surface area contributed by atoms with Crippen LogP contribution in [0.5, 0.6) is 0 Å². The van der Waals surface area contributed by atoms with E-state index < -0.39 is 0 Å².